The molecule has 0 unspecified atom stereocenters. The Morgan fingerprint density at radius 2 is 1.95 bits per heavy atom. The van der Waals surface area contributed by atoms with E-state index in [2.05, 4.69) is 16.1 Å². The molecule has 6 heteroatoms. The van der Waals surface area contributed by atoms with Gasteiger partial charge in [0, 0.05) is 12.8 Å². The minimum atomic E-state index is -3.10. The van der Waals surface area contributed by atoms with Crippen LogP contribution < -0.4 is 0 Å². The second-order valence-electron chi connectivity index (χ2n) is 4.93. The van der Waals surface area contributed by atoms with E-state index < -0.39 is 42.0 Å². The van der Waals surface area contributed by atoms with Gasteiger partial charge in [0.25, 0.3) is 0 Å². The van der Waals surface area contributed by atoms with Gasteiger partial charge in [0.1, 0.15) is 0 Å². The van der Waals surface area contributed by atoms with Crippen LogP contribution in [0.25, 0.3) is 0 Å². The molecule has 108 valence electrons. The van der Waals surface area contributed by atoms with E-state index in [-0.39, 0.29) is 12.8 Å². The molecule has 0 saturated heterocycles. The first-order valence-electron chi connectivity index (χ1n) is 5.95. The van der Waals surface area contributed by atoms with E-state index in [0.717, 1.165) is 14.2 Å². The highest BCUT2D eigenvalue weighted by Gasteiger charge is 2.55. The molecule has 4 nitrogen and oxygen atoms in total. The molecule has 0 aromatic heterocycles. The van der Waals surface area contributed by atoms with Gasteiger partial charge in [-0.2, -0.15) is 0 Å². The van der Waals surface area contributed by atoms with Crippen molar-refractivity contribution in [2.75, 3.05) is 14.2 Å². The van der Waals surface area contributed by atoms with E-state index in [0.29, 0.717) is 0 Å². The zero-order valence-corrected chi connectivity index (χ0v) is 11.1. The van der Waals surface area contributed by atoms with Crippen molar-refractivity contribution in [3.05, 3.63) is 12.7 Å². The molecule has 0 aromatic carbocycles. The lowest BCUT2D eigenvalue weighted by molar-refractivity contribution is -0.176. The number of esters is 2. The maximum absolute atomic E-state index is 13.8. The summed E-state index contributed by atoms with van der Waals surface area (Å²) in [5.74, 6) is -5.57. The topological polar surface area (TPSA) is 52.6 Å². The van der Waals surface area contributed by atoms with Crippen LogP contribution in [0.2, 0.25) is 0 Å². The minimum absolute atomic E-state index is 0.00600. The number of carbonyl (C=O) groups excluding carboxylic acids is 2. The second-order valence-corrected chi connectivity index (χ2v) is 4.93. The number of hydrogen-bond acceptors (Lipinski definition) is 4. The average Bonchev–Trinajstić information content (AvgIpc) is 2.35. The number of rotatable bonds is 4. The summed E-state index contributed by atoms with van der Waals surface area (Å²) in [6, 6.07) is 0. The van der Waals surface area contributed by atoms with Crippen molar-refractivity contribution in [1.29, 1.82) is 0 Å². The van der Waals surface area contributed by atoms with Crippen LogP contribution in [0.5, 0.6) is 0 Å². The predicted molar refractivity (Wildman–Crippen MR) is 63.6 cm³/mol. The lowest BCUT2D eigenvalue weighted by Crippen LogP contribution is -2.47. The summed E-state index contributed by atoms with van der Waals surface area (Å²) in [7, 11) is 2.29. The molecule has 0 heterocycles. The van der Waals surface area contributed by atoms with Gasteiger partial charge in [-0.05, 0) is 12.8 Å². The van der Waals surface area contributed by atoms with Crippen LogP contribution in [-0.2, 0) is 19.1 Å². The van der Waals surface area contributed by atoms with Crippen molar-refractivity contribution in [2.24, 2.45) is 11.3 Å². The summed E-state index contributed by atoms with van der Waals surface area (Å²) in [5.41, 5.74) is -1.41. The maximum atomic E-state index is 13.8. The van der Waals surface area contributed by atoms with Gasteiger partial charge in [-0.15, -0.1) is 6.58 Å². The monoisotopic (exact) mass is 276 g/mol. The molecule has 0 spiro atoms. The molecule has 1 aliphatic rings. The SMILES string of the molecule is C=CC[C@@]1(C(=O)OC)C[C@@H](C(=O)OC)CC(F)(F)C1. The highest BCUT2D eigenvalue weighted by Crippen LogP contribution is 2.50. The minimum Gasteiger partial charge on any atom is -0.469 e. The van der Waals surface area contributed by atoms with Gasteiger partial charge in [-0.3, -0.25) is 9.59 Å². The smallest absolute Gasteiger partial charge is 0.312 e. The zero-order valence-electron chi connectivity index (χ0n) is 11.1. The molecule has 1 fully saturated rings. The van der Waals surface area contributed by atoms with Gasteiger partial charge >= 0.3 is 11.9 Å². The molecule has 1 saturated carbocycles. The second kappa shape index (κ2) is 5.67. The normalized spacial score (nSPS) is 29.4. The Labute approximate surface area is 110 Å². The third kappa shape index (κ3) is 3.30. The van der Waals surface area contributed by atoms with Crippen LogP contribution in [0.3, 0.4) is 0 Å². The molecule has 0 aromatic rings. The fourth-order valence-electron chi connectivity index (χ4n) is 2.76. The molecule has 19 heavy (non-hydrogen) atoms. The summed E-state index contributed by atoms with van der Waals surface area (Å²) in [5, 5.41) is 0. The number of alkyl halides is 2. The average molecular weight is 276 g/mol. The largest absolute Gasteiger partial charge is 0.469 e. The number of carbonyl (C=O) groups is 2. The van der Waals surface area contributed by atoms with Gasteiger partial charge in [0.2, 0.25) is 5.92 Å². The summed E-state index contributed by atoms with van der Waals surface area (Å²) in [6.45, 7) is 3.49. The molecule has 0 aliphatic heterocycles. The number of methoxy groups -OCH3 is 2. The fraction of sp³-hybridized carbons (Fsp3) is 0.692. The third-order valence-electron chi connectivity index (χ3n) is 3.47. The Bertz CT molecular complexity index is 381. The van der Waals surface area contributed by atoms with Crippen LogP contribution in [0.15, 0.2) is 12.7 Å². The lowest BCUT2D eigenvalue weighted by atomic mass is 9.66. The third-order valence-corrected chi connectivity index (χ3v) is 3.47. The molecule has 0 N–H and O–H groups in total. The van der Waals surface area contributed by atoms with Crippen LogP contribution in [-0.4, -0.2) is 32.1 Å². The van der Waals surface area contributed by atoms with E-state index in [1.165, 1.54) is 6.08 Å². The molecule has 1 rings (SSSR count). The van der Waals surface area contributed by atoms with Crippen LogP contribution in [0, 0.1) is 11.3 Å². The first-order chi connectivity index (χ1) is 8.80. The Morgan fingerprint density at radius 3 is 2.42 bits per heavy atom. The van der Waals surface area contributed by atoms with Crippen LogP contribution >= 0.6 is 0 Å². The van der Waals surface area contributed by atoms with Gasteiger partial charge in [-0.1, -0.05) is 6.08 Å². The number of halogens is 2. The summed E-state index contributed by atoms with van der Waals surface area (Å²) in [4.78, 5) is 23.4. The molecule has 0 amide bonds. The van der Waals surface area contributed by atoms with Gasteiger partial charge in [-0.25, -0.2) is 8.78 Å². The molecular weight excluding hydrogens is 258 g/mol. The van der Waals surface area contributed by atoms with Crippen molar-refractivity contribution in [1.82, 2.24) is 0 Å². The van der Waals surface area contributed by atoms with E-state index in [1.54, 1.807) is 0 Å². The van der Waals surface area contributed by atoms with Crippen molar-refractivity contribution in [3.63, 3.8) is 0 Å². The number of ether oxygens (including phenoxy) is 2. The number of hydrogen-bond donors (Lipinski definition) is 0. The van der Waals surface area contributed by atoms with E-state index in [1.807, 2.05) is 0 Å². The summed E-state index contributed by atoms with van der Waals surface area (Å²) >= 11 is 0. The fourth-order valence-corrected chi connectivity index (χ4v) is 2.76. The van der Waals surface area contributed by atoms with Crippen molar-refractivity contribution >= 4 is 11.9 Å². The van der Waals surface area contributed by atoms with Gasteiger partial charge < -0.3 is 9.47 Å². The van der Waals surface area contributed by atoms with E-state index in [4.69, 9.17) is 0 Å². The van der Waals surface area contributed by atoms with E-state index in [9.17, 15) is 18.4 Å². The predicted octanol–water partition coefficient (Wildman–Crippen LogP) is 2.33. The Morgan fingerprint density at radius 1 is 1.32 bits per heavy atom. The van der Waals surface area contributed by atoms with E-state index >= 15 is 0 Å². The molecule has 0 radical (unpaired) electrons. The van der Waals surface area contributed by atoms with Crippen molar-refractivity contribution in [2.45, 2.75) is 31.6 Å². The van der Waals surface area contributed by atoms with Gasteiger partial charge in [0.15, 0.2) is 0 Å². The van der Waals surface area contributed by atoms with Crippen LogP contribution in [0.1, 0.15) is 25.7 Å². The maximum Gasteiger partial charge on any atom is 0.312 e. The van der Waals surface area contributed by atoms with Gasteiger partial charge in [0.05, 0.1) is 25.6 Å². The number of allylic oxidation sites excluding steroid dienone is 1. The quantitative estimate of drug-likeness (QED) is 0.584. The van der Waals surface area contributed by atoms with Crippen molar-refractivity contribution < 1.29 is 27.8 Å². The molecular formula is C13H18F2O4. The summed E-state index contributed by atoms with van der Waals surface area (Å²) < 4.78 is 36.8. The standard InChI is InChI=1S/C13H18F2O4/c1-4-5-12(11(17)19-3)6-9(10(16)18-2)7-13(14,15)8-12/h4,9H,1,5-8H2,2-3H3/t9-,12-/m1/s1. The first-order valence-corrected chi connectivity index (χ1v) is 5.95. The highest BCUT2D eigenvalue weighted by molar-refractivity contribution is 5.80. The molecule has 2 atom stereocenters. The van der Waals surface area contributed by atoms with Crippen LogP contribution in [0.4, 0.5) is 8.78 Å². The molecule has 0 bridgehead atoms. The summed E-state index contributed by atoms with van der Waals surface area (Å²) in [6.07, 6.45) is 0.200. The molecule has 1 aliphatic carbocycles. The Balaban J connectivity index is 3.11. The highest BCUT2D eigenvalue weighted by atomic mass is 19.3. The zero-order chi connectivity index (χ0) is 14.7. The Kier molecular flexibility index (Phi) is 4.66. The Hall–Kier alpha value is -1.46. The first kappa shape index (κ1) is 15.6. The lowest BCUT2D eigenvalue weighted by Gasteiger charge is -2.40. The van der Waals surface area contributed by atoms with Crippen molar-refractivity contribution in [3.8, 4) is 0 Å².